The molecule has 0 aliphatic carbocycles. The number of anilines is 3. The van der Waals surface area contributed by atoms with Crippen LogP contribution in [0, 0.1) is 0 Å². The van der Waals surface area contributed by atoms with Gasteiger partial charge in [0.1, 0.15) is 0 Å². The van der Waals surface area contributed by atoms with Crippen LogP contribution in [0.1, 0.15) is 0 Å². The van der Waals surface area contributed by atoms with Crippen LogP contribution in [-0.2, 0) is 0 Å². The Balaban J connectivity index is 1.07. The maximum absolute atomic E-state index is 5.25. The van der Waals surface area contributed by atoms with Crippen molar-refractivity contribution in [3.05, 3.63) is 182 Å². The van der Waals surface area contributed by atoms with Crippen LogP contribution in [0.5, 0.6) is 0 Å². The summed E-state index contributed by atoms with van der Waals surface area (Å²) in [7, 11) is 0. The van der Waals surface area contributed by atoms with Crippen molar-refractivity contribution in [2.45, 2.75) is 0 Å². The fourth-order valence-electron chi connectivity index (χ4n) is 8.57. The molecule has 9 aromatic carbocycles. The van der Waals surface area contributed by atoms with Crippen molar-refractivity contribution >= 4 is 80.9 Å². The summed E-state index contributed by atoms with van der Waals surface area (Å²) in [5.41, 5.74) is 8.78. The first-order valence-electron chi connectivity index (χ1n) is 18.8. The lowest BCUT2D eigenvalue weighted by Gasteiger charge is -2.34. The SMILES string of the molecule is c1ccc(-c2nc(-c3ccc4c(c3)sc3ccccc34)nc(-c3cccc4ccc(N5c6cc7ccccc7cc6-c6cccc7cccc5c67)cc34)n2)cc1. The first kappa shape index (κ1) is 31.2. The minimum absolute atomic E-state index is 0.644. The van der Waals surface area contributed by atoms with Crippen molar-refractivity contribution in [2.24, 2.45) is 0 Å². The predicted octanol–water partition coefficient (Wildman–Crippen LogP) is 14.2. The van der Waals surface area contributed by atoms with Gasteiger partial charge in [-0.2, -0.15) is 0 Å². The number of hydrogen-bond acceptors (Lipinski definition) is 5. The molecule has 260 valence electrons. The van der Waals surface area contributed by atoms with Crippen molar-refractivity contribution < 1.29 is 0 Å². The molecule has 5 heteroatoms. The van der Waals surface area contributed by atoms with E-state index in [9.17, 15) is 0 Å². The molecule has 56 heavy (non-hydrogen) atoms. The average molecular weight is 731 g/mol. The van der Waals surface area contributed by atoms with E-state index >= 15 is 0 Å². The molecule has 11 aromatic rings. The predicted molar refractivity (Wildman–Crippen MR) is 235 cm³/mol. The Morgan fingerprint density at radius 1 is 0.357 bits per heavy atom. The molecule has 0 unspecified atom stereocenters. The molecule has 0 atom stereocenters. The molecule has 0 saturated heterocycles. The van der Waals surface area contributed by atoms with Crippen LogP contribution < -0.4 is 4.90 Å². The Bertz CT molecular complexity index is 3380. The Labute approximate surface area is 326 Å². The third-order valence-corrected chi connectivity index (χ3v) is 12.3. The lowest BCUT2D eigenvalue weighted by Crippen LogP contribution is -2.15. The number of benzene rings is 9. The van der Waals surface area contributed by atoms with Crippen LogP contribution in [0.3, 0.4) is 0 Å². The highest BCUT2D eigenvalue weighted by Crippen LogP contribution is 2.52. The van der Waals surface area contributed by atoms with E-state index in [2.05, 4.69) is 169 Å². The summed E-state index contributed by atoms with van der Waals surface area (Å²) in [6, 6.07) is 65.2. The van der Waals surface area contributed by atoms with Crippen LogP contribution in [-0.4, -0.2) is 15.0 Å². The highest BCUT2D eigenvalue weighted by molar-refractivity contribution is 7.25. The van der Waals surface area contributed by atoms with E-state index < -0.39 is 0 Å². The van der Waals surface area contributed by atoms with Crippen LogP contribution >= 0.6 is 11.3 Å². The molecule has 0 bridgehead atoms. The normalized spacial score (nSPS) is 12.2. The summed E-state index contributed by atoms with van der Waals surface area (Å²) in [6.07, 6.45) is 0. The van der Waals surface area contributed by atoms with E-state index in [1.54, 1.807) is 11.3 Å². The van der Waals surface area contributed by atoms with Crippen molar-refractivity contribution in [3.63, 3.8) is 0 Å². The zero-order valence-electron chi connectivity index (χ0n) is 30.0. The van der Waals surface area contributed by atoms with Gasteiger partial charge in [0.05, 0.1) is 11.4 Å². The van der Waals surface area contributed by atoms with Gasteiger partial charge in [-0.1, -0.05) is 140 Å². The molecule has 0 N–H and O–H groups in total. The molecule has 1 aliphatic heterocycles. The maximum Gasteiger partial charge on any atom is 0.164 e. The van der Waals surface area contributed by atoms with Gasteiger partial charge in [-0.05, 0) is 75.0 Å². The molecule has 1 aliphatic rings. The van der Waals surface area contributed by atoms with Gasteiger partial charge in [-0.15, -0.1) is 11.3 Å². The number of nitrogens with zero attached hydrogens (tertiary/aromatic N) is 4. The van der Waals surface area contributed by atoms with Crippen molar-refractivity contribution in [2.75, 3.05) is 4.90 Å². The van der Waals surface area contributed by atoms with Gasteiger partial charge < -0.3 is 4.90 Å². The van der Waals surface area contributed by atoms with Crippen molar-refractivity contribution in [1.29, 1.82) is 0 Å². The fraction of sp³-hybridized carbons (Fsp3) is 0. The minimum Gasteiger partial charge on any atom is -0.309 e. The lowest BCUT2D eigenvalue weighted by molar-refractivity contribution is 1.08. The molecule has 2 aromatic heterocycles. The summed E-state index contributed by atoms with van der Waals surface area (Å²) >= 11 is 1.80. The largest absolute Gasteiger partial charge is 0.309 e. The van der Waals surface area contributed by atoms with Crippen LogP contribution in [0.4, 0.5) is 17.1 Å². The van der Waals surface area contributed by atoms with E-state index in [-0.39, 0.29) is 0 Å². The average Bonchev–Trinajstić information content (AvgIpc) is 3.64. The van der Waals surface area contributed by atoms with Gasteiger partial charge in [0.15, 0.2) is 17.5 Å². The summed E-state index contributed by atoms with van der Waals surface area (Å²) in [4.78, 5) is 18.0. The minimum atomic E-state index is 0.644. The molecule has 0 radical (unpaired) electrons. The van der Waals surface area contributed by atoms with Crippen molar-refractivity contribution in [1.82, 2.24) is 15.0 Å². The standard InChI is InChI=1S/C51H30N4S/c1-2-11-33(12-3-1)49-52-50(36-24-26-39-38-18-6-7-22-46(38)56-47(39)29-36)54-51(53-49)41-20-8-15-31-23-25-37(30-42(31)41)55-44-21-10-17-32-16-9-19-40(48(32)44)43-27-34-13-4-5-14-35(34)28-45(43)55/h1-30H. The quantitative estimate of drug-likeness (QED) is 0.181. The zero-order chi connectivity index (χ0) is 36.7. The Kier molecular flexibility index (Phi) is 6.76. The summed E-state index contributed by atoms with van der Waals surface area (Å²) < 4.78 is 2.49. The second-order valence-electron chi connectivity index (χ2n) is 14.4. The second-order valence-corrected chi connectivity index (χ2v) is 15.5. The summed E-state index contributed by atoms with van der Waals surface area (Å²) in [5.74, 6) is 1.95. The molecule has 3 heterocycles. The van der Waals surface area contributed by atoms with Gasteiger partial charge in [0, 0.05) is 53.5 Å². The zero-order valence-corrected chi connectivity index (χ0v) is 30.8. The Morgan fingerprint density at radius 3 is 1.91 bits per heavy atom. The smallest absolute Gasteiger partial charge is 0.164 e. The number of hydrogen-bond donors (Lipinski definition) is 0. The van der Waals surface area contributed by atoms with E-state index in [4.69, 9.17) is 15.0 Å². The van der Waals surface area contributed by atoms with Crippen LogP contribution in [0.2, 0.25) is 0 Å². The van der Waals surface area contributed by atoms with Gasteiger partial charge in [-0.25, -0.2) is 15.0 Å². The van der Waals surface area contributed by atoms with E-state index in [0.29, 0.717) is 17.5 Å². The molecule has 12 rings (SSSR count). The third kappa shape index (κ3) is 4.81. The molecular weight excluding hydrogens is 701 g/mol. The highest BCUT2D eigenvalue weighted by Gasteiger charge is 2.27. The van der Waals surface area contributed by atoms with Crippen LogP contribution in [0.15, 0.2) is 182 Å². The fourth-order valence-corrected chi connectivity index (χ4v) is 9.72. The second kappa shape index (κ2) is 12.2. The molecule has 0 spiro atoms. The Morgan fingerprint density at radius 2 is 1.04 bits per heavy atom. The van der Waals surface area contributed by atoms with Crippen LogP contribution in [0.25, 0.3) is 97.8 Å². The first-order valence-corrected chi connectivity index (χ1v) is 19.7. The topological polar surface area (TPSA) is 41.9 Å². The summed E-state index contributed by atoms with van der Waals surface area (Å²) in [6.45, 7) is 0. The lowest BCUT2D eigenvalue weighted by atomic mass is 9.89. The molecular formula is C51H30N4S. The first-order chi connectivity index (χ1) is 27.7. The highest BCUT2D eigenvalue weighted by atomic mass is 32.1. The van der Waals surface area contributed by atoms with E-state index in [0.717, 1.165) is 38.8 Å². The molecule has 0 saturated carbocycles. The van der Waals surface area contributed by atoms with Gasteiger partial charge in [0.25, 0.3) is 0 Å². The number of fused-ring (bicyclic) bond motifs is 7. The van der Waals surface area contributed by atoms with Gasteiger partial charge in [-0.3, -0.25) is 0 Å². The molecule has 0 amide bonds. The Hall–Kier alpha value is -7.21. The van der Waals surface area contributed by atoms with E-state index in [1.165, 1.54) is 58.5 Å². The third-order valence-electron chi connectivity index (χ3n) is 11.2. The number of rotatable bonds is 4. The van der Waals surface area contributed by atoms with Crippen molar-refractivity contribution in [3.8, 4) is 45.3 Å². The number of aromatic nitrogens is 3. The maximum atomic E-state index is 5.25. The van der Waals surface area contributed by atoms with Gasteiger partial charge in [0.2, 0.25) is 0 Å². The molecule has 0 fully saturated rings. The van der Waals surface area contributed by atoms with E-state index in [1.807, 2.05) is 18.2 Å². The summed E-state index contributed by atoms with van der Waals surface area (Å²) in [5, 5.41) is 9.65. The molecule has 4 nitrogen and oxygen atoms in total. The number of thiophene rings is 1. The monoisotopic (exact) mass is 730 g/mol. The van der Waals surface area contributed by atoms with Gasteiger partial charge >= 0.3 is 0 Å².